The largest absolute Gasteiger partial charge is 0.338 e. The maximum atomic E-state index is 13.4. The lowest BCUT2D eigenvalue weighted by atomic mass is 9.85. The van der Waals surface area contributed by atoms with Crippen LogP contribution < -0.4 is 0 Å². The lowest BCUT2D eigenvalue weighted by molar-refractivity contribution is -0.136. The second kappa shape index (κ2) is 6.80. The number of benzene rings is 2. The Labute approximate surface area is 152 Å². The van der Waals surface area contributed by atoms with Gasteiger partial charge in [0.05, 0.1) is 5.41 Å². The van der Waals surface area contributed by atoms with E-state index >= 15 is 0 Å². The fourth-order valence-corrected chi connectivity index (χ4v) is 4.22. The average molecular weight is 356 g/mol. The molecule has 2 saturated heterocycles. The third kappa shape index (κ3) is 3.36. The average Bonchev–Trinajstić information content (AvgIpc) is 3.16. The van der Waals surface area contributed by atoms with Gasteiger partial charge in [0.25, 0.3) is 0 Å². The highest BCUT2D eigenvalue weighted by molar-refractivity contribution is 5.85. The minimum atomic E-state index is -0.312. The van der Waals surface area contributed by atoms with Crippen molar-refractivity contribution in [1.29, 1.82) is 0 Å². The predicted molar refractivity (Wildman–Crippen MR) is 95.2 cm³/mol. The third-order valence-corrected chi connectivity index (χ3v) is 5.62. The van der Waals surface area contributed by atoms with Crippen molar-refractivity contribution in [2.45, 2.75) is 25.9 Å². The van der Waals surface area contributed by atoms with Crippen molar-refractivity contribution in [3.63, 3.8) is 0 Å². The molecule has 0 bridgehead atoms. The zero-order chi connectivity index (χ0) is 18.1. The Balaban J connectivity index is 1.40. The zero-order valence-electron chi connectivity index (χ0n) is 14.6. The number of rotatable bonds is 4. The van der Waals surface area contributed by atoms with Crippen molar-refractivity contribution in [2.24, 2.45) is 5.41 Å². The van der Waals surface area contributed by atoms with Crippen LogP contribution in [0.5, 0.6) is 0 Å². The van der Waals surface area contributed by atoms with Crippen LogP contribution in [0.4, 0.5) is 8.78 Å². The summed E-state index contributed by atoms with van der Waals surface area (Å²) in [4.78, 5) is 17.1. The maximum absolute atomic E-state index is 13.4. The lowest BCUT2D eigenvalue weighted by Gasteiger charge is -2.24. The second-order valence-electron chi connectivity index (χ2n) is 7.47. The Morgan fingerprint density at radius 1 is 0.885 bits per heavy atom. The van der Waals surface area contributed by atoms with Crippen LogP contribution in [0.2, 0.25) is 0 Å². The highest BCUT2D eigenvalue weighted by atomic mass is 19.1. The van der Waals surface area contributed by atoms with Crippen LogP contribution in [0, 0.1) is 17.0 Å². The van der Waals surface area contributed by atoms with Crippen LogP contribution in [-0.2, 0) is 17.9 Å². The standard InChI is InChI=1S/C21H22F2N2O/c22-18-6-4-16(5-7-18)13-24-10-8-21(15-24)9-11-25(20(21)26)14-17-2-1-3-19(23)12-17/h1-7,12H,8-11,13-15H2. The fourth-order valence-electron chi connectivity index (χ4n) is 4.22. The molecule has 0 aromatic heterocycles. The van der Waals surface area contributed by atoms with Crippen molar-refractivity contribution >= 4 is 5.91 Å². The van der Waals surface area contributed by atoms with E-state index in [1.54, 1.807) is 18.2 Å². The Bertz CT molecular complexity index is 808. The Morgan fingerprint density at radius 3 is 2.42 bits per heavy atom. The molecule has 1 amide bonds. The first-order valence-electron chi connectivity index (χ1n) is 9.05. The van der Waals surface area contributed by atoms with Gasteiger partial charge in [0.2, 0.25) is 5.91 Å². The predicted octanol–water partition coefficient (Wildman–Crippen LogP) is 3.59. The van der Waals surface area contributed by atoms with Crippen molar-refractivity contribution in [1.82, 2.24) is 9.80 Å². The molecule has 0 N–H and O–H groups in total. The van der Waals surface area contributed by atoms with Crippen molar-refractivity contribution < 1.29 is 13.6 Å². The summed E-state index contributed by atoms with van der Waals surface area (Å²) >= 11 is 0. The van der Waals surface area contributed by atoms with Gasteiger partial charge < -0.3 is 4.90 Å². The van der Waals surface area contributed by atoms with Gasteiger partial charge in [-0.3, -0.25) is 9.69 Å². The van der Waals surface area contributed by atoms with Crippen LogP contribution in [0.1, 0.15) is 24.0 Å². The highest BCUT2D eigenvalue weighted by Gasteiger charge is 2.50. The quantitative estimate of drug-likeness (QED) is 0.836. The molecular formula is C21H22F2N2O. The van der Waals surface area contributed by atoms with E-state index in [1.165, 1.54) is 24.3 Å². The number of carbonyl (C=O) groups is 1. The van der Waals surface area contributed by atoms with Crippen molar-refractivity contribution in [2.75, 3.05) is 19.6 Å². The molecule has 3 nitrogen and oxygen atoms in total. The SMILES string of the molecule is O=C1N(Cc2cccc(F)c2)CCC12CCN(Cc1ccc(F)cc1)C2. The van der Waals surface area contributed by atoms with Gasteiger partial charge >= 0.3 is 0 Å². The van der Waals surface area contributed by atoms with Crippen LogP contribution in [-0.4, -0.2) is 35.3 Å². The minimum Gasteiger partial charge on any atom is -0.338 e. The topological polar surface area (TPSA) is 23.6 Å². The number of likely N-dealkylation sites (tertiary alicyclic amines) is 2. The molecule has 0 saturated carbocycles. The molecule has 1 spiro atoms. The molecule has 0 aliphatic carbocycles. The molecule has 0 radical (unpaired) electrons. The van der Waals surface area contributed by atoms with Crippen molar-refractivity contribution in [3.05, 3.63) is 71.3 Å². The molecule has 2 heterocycles. The summed E-state index contributed by atoms with van der Waals surface area (Å²) in [5.74, 6) is -0.316. The van der Waals surface area contributed by atoms with Gasteiger partial charge in [-0.2, -0.15) is 0 Å². The Hall–Kier alpha value is -2.27. The number of hydrogen-bond acceptors (Lipinski definition) is 2. The highest BCUT2D eigenvalue weighted by Crippen LogP contribution is 2.41. The minimum absolute atomic E-state index is 0.184. The van der Waals surface area contributed by atoms with Crippen LogP contribution in [0.25, 0.3) is 0 Å². The van der Waals surface area contributed by atoms with E-state index in [4.69, 9.17) is 0 Å². The summed E-state index contributed by atoms with van der Waals surface area (Å²) in [6, 6.07) is 13.0. The van der Waals surface area contributed by atoms with Crippen LogP contribution in [0.15, 0.2) is 48.5 Å². The molecule has 2 aromatic rings. The number of amides is 1. The normalized spacial score (nSPS) is 23.3. The smallest absolute Gasteiger partial charge is 0.230 e. The van der Waals surface area contributed by atoms with Gasteiger partial charge in [-0.15, -0.1) is 0 Å². The van der Waals surface area contributed by atoms with E-state index in [0.29, 0.717) is 6.54 Å². The molecule has 1 unspecified atom stereocenters. The summed E-state index contributed by atoms with van der Waals surface area (Å²) in [6.45, 7) is 3.54. The monoisotopic (exact) mass is 356 g/mol. The molecule has 1 atom stereocenters. The summed E-state index contributed by atoms with van der Waals surface area (Å²) in [5, 5.41) is 0. The van der Waals surface area contributed by atoms with E-state index in [0.717, 1.165) is 50.1 Å². The number of hydrogen-bond donors (Lipinski definition) is 0. The number of halogens is 2. The lowest BCUT2D eigenvalue weighted by Crippen LogP contribution is -2.36. The molecule has 2 aliphatic rings. The van der Waals surface area contributed by atoms with Gasteiger partial charge in [0.15, 0.2) is 0 Å². The molecule has 26 heavy (non-hydrogen) atoms. The zero-order valence-corrected chi connectivity index (χ0v) is 14.6. The first kappa shape index (κ1) is 17.2. The van der Waals surface area contributed by atoms with Gasteiger partial charge in [-0.25, -0.2) is 8.78 Å². The Morgan fingerprint density at radius 2 is 1.65 bits per heavy atom. The van der Waals surface area contributed by atoms with Gasteiger partial charge in [-0.1, -0.05) is 24.3 Å². The molecular weight excluding hydrogens is 334 g/mol. The van der Waals surface area contributed by atoms with E-state index in [9.17, 15) is 13.6 Å². The van der Waals surface area contributed by atoms with E-state index < -0.39 is 0 Å². The van der Waals surface area contributed by atoms with Gasteiger partial charge in [-0.05, 0) is 54.8 Å². The maximum Gasteiger partial charge on any atom is 0.230 e. The van der Waals surface area contributed by atoms with Crippen LogP contribution in [0.3, 0.4) is 0 Å². The van der Waals surface area contributed by atoms with Gasteiger partial charge in [0.1, 0.15) is 11.6 Å². The summed E-state index contributed by atoms with van der Waals surface area (Å²) in [6.07, 6.45) is 1.70. The summed E-state index contributed by atoms with van der Waals surface area (Å²) in [5.41, 5.74) is 1.58. The second-order valence-corrected chi connectivity index (χ2v) is 7.47. The molecule has 2 aliphatic heterocycles. The molecule has 136 valence electrons. The molecule has 5 heteroatoms. The van der Waals surface area contributed by atoms with E-state index in [-0.39, 0.29) is 23.0 Å². The summed E-state index contributed by atoms with van der Waals surface area (Å²) < 4.78 is 26.4. The number of carbonyl (C=O) groups excluding carboxylic acids is 1. The van der Waals surface area contributed by atoms with E-state index in [1.807, 2.05) is 11.0 Å². The molecule has 2 aromatic carbocycles. The Kier molecular flexibility index (Phi) is 4.49. The first-order valence-corrected chi connectivity index (χ1v) is 9.05. The van der Waals surface area contributed by atoms with Crippen LogP contribution >= 0.6 is 0 Å². The first-order chi connectivity index (χ1) is 12.5. The number of nitrogens with zero attached hydrogens (tertiary/aromatic N) is 2. The van der Waals surface area contributed by atoms with Gasteiger partial charge in [0, 0.05) is 26.2 Å². The fraction of sp³-hybridized carbons (Fsp3) is 0.381. The van der Waals surface area contributed by atoms with Crippen molar-refractivity contribution in [3.8, 4) is 0 Å². The molecule has 4 rings (SSSR count). The molecule has 2 fully saturated rings. The third-order valence-electron chi connectivity index (χ3n) is 5.62. The summed E-state index contributed by atoms with van der Waals surface area (Å²) in [7, 11) is 0. The van der Waals surface area contributed by atoms with E-state index in [2.05, 4.69) is 4.90 Å².